The molecular formula is C15H28N2O2. The van der Waals surface area contributed by atoms with Crippen molar-refractivity contribution < 1.29 is 9.90 Å². The fourth-order valence-electron chi connectivity index (χ4n) is 3.43. The summed E-state index contributed by atoms with van der Waals surface area (Å²) in [6.07, 6.45) is 4.19. The summed E-state index contributed by atoms with van der Waals surface area (Å²) >= 11 is 0. The number of carbonyl (C=O) groups excluding carboxylic acids is 1. The smallest absolute Gasteiger partial charge is 0.223 e. The highest BCUT2D eigenvalue weighted by molar-refractivity contribution is 5.77. The highest BCUT2D eigenvalue weighted by Crippen LogP contribution is 2.29. The lowest BCUT2D eigenvalue weighted by Gasteiger charge is -2.46. The van der Waals surface area contributed by atoms with E-state index in [0.29, 0.717) is 12.3 Å². The molecule has 0 bridgehead atoms. The van der Waals surface area contributed by atoms with Gasteiger partial charge < -0.3 is 14.9 Å². The highest BCUT2D eigenvalue weighted by Gasteiger charge is 2.39. The standard InChI is InChI=1S/C15H28N2O2/c1-15(2)13(18)5-4-9-17(15)14(19)7-6-12-8-10-16(3)11-12/h12-13,18H,4-11H2,1-3H3. The molecule has 2 atom stereocenters. The maximum Gasteiger partial charge on any atom is 0.223 e. The van der Waals surface area contributed by atoms with Crippen LogP contribution in [-0.2, 0) is 4.79 Å². The van der Waals surface area contributed by atoms with Crippen molar-refractivity contribution in [2.24, 2.45) is 5.92 Å². The highest BCUT2D eigenvalue weighted by atomic mass is 16.3. The third-order valence-corrected chi connectivity index (χ3v) is 4.93. The molecule has 2 aliphatic rings. The Labute approximate surface area is 116 Å². The van der Waals surface area contributed by atoms with Crippen LogP contribution in [0.1, 0.15) is 46.0 Å². The molecular weight excluding hydrogens is 240 g/mol. The van der Waals surface area contributed by atoms with Crippen molar-refractivity contribution in [3.05, 3.63) is 0 Å². The quantitative estimate of drug-likeness (QED) is 0.843. The van der Waals surface area contributed by atoms with Gasteiger partial charge in [-0.15, -0.1) is 0 Å². The molecule has 1 amide bonds. The Morgan fingerprint density at radius 1 is 1.32 bits per heavy atom. The minimum atomic E-state index is -0.401. The van der Waals surface area contributed by atoms with Gasteiger partial charge in [0.2, 0.25) is 5.91 Å². The van der Waals surface area contributed by atoms with Crippen LogP contribution in [0.2, 0.25) is 0 Å². The molecule has 0 saturated carbocycles. The van der Waals surface area contributed by atoms with Crippen molar-refractivity contribution in [1.82, 2.24) is 9.80 Å². The maximum atomic E-state index is 12.4. The predicted molar refractivity (Wildman–Crippen MR) is 75.9 cm³/mol. The summed E-state index contributed by atoms with van der Waals surface area (Å²) < 4.78 is 0. The molecule has 2 unspecified atom stereocenters. The molecule has 0 aromatic heterocycles. The largest absolute Gasteiger partial charge is 0.391 e. The topological polar surface area (TPSA) is 43.8 Å². The van der Waals surface area contributed by atoms with Gasteiger partial charge in [-0.3, -0.25) is 4.79 Å². The van der Waals surface area contributed by atoms with E-state index >= 15 is 0 Å². The van der Waals surface area contributed by atoms with E-state index in [1.807, 2.05) is 18.7 Å². The average Bonchev–Trinajstić information content (AvgIpc) is 2.75. The van der Waals surface area contributed by atoms with Crippen LogP contribution in [0.15, 0.2) is 0 Å². The van der Waals surface area contributed by atoms with Gasteiger partial charge in [0.1, 0.15) is 0 Å². The Balaban J connectivity index is 1.85. The zero-order chi connectivity index (χ0) is 14.0. The zero-order valence-electron chi connectivity index (χ0n) is 12.6. The van der Waals surface area contributed by atoms with E-state index in [1.54, 1.807) is 0 Å². The van der Waals surface area contributed by atoms with Crippen LogP contribution in [0.25, 0.3) is 0 Å². The summed E-state index contributed by atoms with van der Waals surface area (Å²) in [7, 11) is 2.14. The first kappa shape index (κ1) is 14.8. The van der Waals surface area contributed by atoms with Gasteiger partial charge in [0, 0.05) is 19.5 Å². The number of aliphatic hydroxyl groups excluding tert-OH is 1. The SMILES string of the molecule is CN1CCC(CCC(=O)N2CCCC(O)C2(C)C)C1. The molecule has 0 radical (unpaired) electrons. The number of piperidine rings is 1. The van der Waals surface area contributed by atoms with Crippen LogP contribution in [0.4, 0.5) is 0 Å². The number of rotatable bonds is 3. The van der Waals surface area contributed by atoms with Crippen molar-refractivity contribution in [2.45, 2.75) is 57.6 Å². The molecule has 0 spiro atoms. The van der Waals surface area contributed by atoms with Crippen molar-refractivity contribution >= 4 is 5.91 Å². The molecule has 1 N–H and O–H groups in total. The van der Waals surface area contributed by atoms with Gasteiger partial charge >= 0.3 is 0 Å². The number of hydrogen-bond donors (Lipinski definition) is 1. The number of aliphatic hydroxyl groups is 1. The fourth-order valence-corrected chi connectivity index (χ4v) is 3.43. The van der Waals surface area contributed by atoms with E-state index in [9.17, 15) is 9.90 Å². The number of amides is 1. The molecule has 0 aromatic carbocycles. The molecule has 110 valence electrons. The molecule has 2 saturated heterocycles. The molecule has 2 heterocycles. The lowest BCUT2D eigenvalue weighted by molar-refractivity contribution is -0.145. The monoisotopic (exact) mass is 268 g/mol. The summed E-state index contributed by atoms with van der Waals surface area (Å²) in [6.45, 7) is 7.05. The summed E-state index contributed by atoms with van der Waals surface area (Å²) in [5.74, 6) is 0.894. The van der Waals surface area contributed by atoms with Crippen molar-refractivity contribution in [3.63, 3.8) is 0 Å². The Hall–Kier alpha value is -0.610. The molecule has 4 nitrogen and oxygen atoms in total. The molecule has 0 aliphatic carbocycles. The third kappa shape index (κ3) is 3.29. The number of carbonyl (C=O) groups is 1. The zero-order valence-corrected chi connectivity index (χ0v) is 12.6. The van der Waals surface area contributed by atoms with Crippen molar-refractivity contribution in [3.8, 4) is 0 Å². The molecule has 2 aliphatic heterocycles. The average molecular weight is 268 g/mol. The summed E-state index contributed by atoms with van der Waals surface area (Å²) in [5, 5.41) is 10.1. The second-order valence-electron chi connectivity index (χ2n) is 6.81. The van der Waals surface area contributed by atoms with Gasteiger partial charge in [-0.2, -0.15) is 0 Å². The molecule has 2 fully saturated rings. The van der Waals surface area contributed by atoms with E-state index < -0.39 is 5.54 Å². The Morgan fingerprint density at radius 2 is 2.05 bits per heavy atom. The second kappa shape index (κ2) is 5.80. The molecule has 19 heavy (non-hydrogen) atoms. The second-order valence-corrected chi connectivity index (χ2v) is 6.81. The number of nitrogens with zero attached hydrogens (tertiary/aromatic N) is 2. The van der Waals surface area contributed by atoms with E-state index in [0.717, 1.165) is 38.9 Å². The maximum absolute atomic E-state index is 12.4. The van der Waals surface area contributed by atoms with Gasteiger partial charge in [-0.1, -0.05) is 0 Å². The van der Waals surface area contributed by atoms with Gasteiger partial charge in [-0.25, -0.2) is 0 Å². The summed E-state index contributed by atoms with van der Waals surface area (Å²) in [4.78, 5) is 16.6. The van der Waals surface area contributed by atoms with Crippen LogP contribution >= 0.6 is 0 Å². The predicted octanol–water partition coefficient (Wildman–Crippen LogP) is 1.48. The van der Waals surface area contributed by atoms with Crippen molar-refractivity contribution in [2.75, 3.05) is 26.7 Å². The van der Waals surface area contributed by atoms with Gasteiger partial charge in [-0.05, 0) is 59.0 Å². The summed E-state index contributed by atoms with van der Waals surface area (Å²) in [6, 6.07) is 0. The van der Waals surface area contributed by atoms with Crippen molar-refractivity contribution in [1.29, 1.82) is 0 Å². The Morgan fingerprint density at radius 3 is 2.68 bits per heavy atom. The van der Waals surface area contributed by atoms with Crippen LogP contribution < -0.4 is 0 Å². The lowest BCUT2D eigenvalue weighted by Crippen LogP contribution is -2.58. The van der Waals surface area contributed by atoms with Crippen LogP contribution in [0.5, 0.6) is 0 Å². The lowest BCUT2D eigenvalue weighted by atomic mass is 9.86. The van der Waals surface area contributed by atoms with Gasteiger partial charge in [0.15, 0.2) is 0 Å². The normalized spacial score (nSPS) is 31.7. The van der Waals surface area contributed by atoms with Gasteiger partial charge in [0.25, 0.3) is 0 Å². The van der Waals surface area contributed by atoms with Crippen LogP contribution in [-0.4, -0.2) is 59.1 Å². The van der Waals surface area contributed by atoms with E-state index in [1.165, 1.54) is 6.42 Å². The van der Waals surface area contributed by atoms with E-state index in [4.69, 9.17) is 0 Å². The first-order valence-corrected chi connectivity index (χ1v) is 7.58. The Kier molecular flexibility index (Phi) is 4.51. The van der Waals surface area contributed by atoms with E-state index in [-0.39, 0.29) is 12.0 Å². The summed E-state index contributed by atoms with van der Waals surface area (Å²) in [5.41, 5.74) is -0.401. The van der Waals surface area contributed by atoms with Crippen LogP contribution in [0.3, 0.4) is 0 Å². The number of likely N-dealkylation sites (tertiary alicyclic amines) is 2. The van der Waals surface area contributed by atoms with Gasteiger partial charge in [0.05, 0.1) is 11.6 Å². The Bertz CT molecular complexity index is 330. The molecule has 0 aromatic rings. The third-order valence-electron chi connectivity index (χ3n) is 4.93. The molecule has 2 rings (SSSR count). The first-order chi connectivity index (χ1) is 8.91. The minimum absolute atomic E-state index is 0.221. The minimum Gasteiger partial charge on any atom is -0.391 e. The molecule has 4 heteroatoms. The van der Waals surface area contributed by atoms with Crippen LogP contribution in [0, 0.1) is 5.92 Å². The first-order valence-electron chi connectivity index (χ1n) is 7.58. The number of hydrogen-bond acceptors (Lipinski definition) is 3. The fraction of sp³-hybridized carbons (Fsp3) is 0.933. The van der Waals surface area contributed by atoms with E-state index in [2.05, 4.69) is 11.9 Å².